The van der Waals surface area contributed by atoms with Crippen LogP contribution in [0.25, 0.3) is 0 Å². The fourth-order valence-electron chi connectivity index (χ4n) is 1.65. The zero-order valence-electron chi connectivity index (χ0n) is 9.03. The molecular weight excluding hydrogens is 430 g/mol. The summed E-state index contributed by atoms with van der Waals surface area (Å²) in [5, 5.41) is 0. The highest BCUT2D eigenvalue weighted by molar-refractivity contribution is 9.12. The normalized spacial score (nSPS) is 14.6. The second-order valence-electron chi connectivity index (χ2n) is 3.75. The molecule has 0 N–H and O–H groups in total. The molecule has 0 radical (unpaired) electrons. The fraction of sp³-hybridized carbons (Fsp3) is 0.250. The molecule has 5 heteroatoms. The van der Waals surface area contributed by atoms with Gasteiger partial charge < -0.3 is 0 Å². The molecule has 2 atom stereocenters. The summed E-state index contributed by atoms with van der Waals surface area (Å²) in [5.74, 6) is 0.399. The number of hydrogen-bond donors (Lipinski definition) is 0. The van der Waals surface area contributed by atoms with E-state index in [0.29, 0.717) is 10.7 Å². The minimum Gasteiger partial charge on any atom is -0.265 e. The van der Waals surface area contributed by atoms with Crippen molar-refractivity contribution in [2.45, 2.75) is 17.7 Å². The second kappa shape index (κ2) is 5.95. The first-order valence-corrected chi connectivity index (χ1v) is 8.40. The van der Waals surface area contributed by atoms with Gasteiger partial charge in [0.1, 0.15) is 0 Å². The van der Waals surface area contributed by atoms with Crippen LogP contribution >= 0.6 is 59.1 Å². The Hall–Kier alpha value is 0.290. The van der Waals surface area contributed by atoms with Crippen LogP contribution in [0.4, 0.5) is 0 Å². The standard InChI is InChI=1S/C12H10Br3NS/c1-7(8-2-4-16-5-3-8)11(14)9-6-10(13)17-12(9)15/h2-7,11H,1H3. The quantitative estimate of drug-likeness (QED) is 0.542. The number of alkyl halides is 1. The lowest BCUT2D eigenvalue weighted by Gasteiger charge is -2.18. The van der Waals surface area contributed by atoms with Gasteiger partial charge in [-0.25, -0.2) is 0 Å². The van der Waals surface area contributed by atoms with Crippen molar-refractivity contribution in [1.82, 2.24) is 4.98 Å². The summed E-state index contributed by atoms with van der Waals surface area (Å²) in [6.45, 7) is 2.22. The third-order valence-electron chi connectivity index (χ3n) is 2.65. The molecule has 0 saturated carbocycles. The lowest BCUT2D eigenvalue weighted by atomic mass is 9.96. The molecular formula is C12H10Br3NS. The number of halogens is 3. The Bertz CT molecular complexity index is 498. The van der Waals surface area contributed by atoms with Crippen LogP contribution in [0, 0.1) is 0 Å². The summed E-state index contributed by atoms with van der Waals surface area (Å²) in [6.07, 6.45) is 3.67. The van der Waals surface area contributed by atoms with E-state index in [-0.39, 0.29) is 0 Å². The summed E-state index contributed by atoms with van der Waals surface area (Å²) in [6, 6.07) is 6.29. The fourth-order valence-corrected chi connectivity index (χ4v) is 5.70. The van der Waals surface area contributed by atoms with Gasteiger partial charge in [-0.15, -0.1) is 11.3 Å². The van der Waals surface area contributed by atoms with E-state index in [9.17, 15) is 0 Å². The van der Waals surface area contributed by atoms with Gasteiger partial charge in [0.15, 0.2) is 0 Å². The SMILES string of the molecule is CC(c1ccncc1)C(Br)c1cc(Br)sc1Br. The summed E-state index contributed by atoms with van der Waals surface area (Å²) in [5.41, 5.74) is 2.57. The minimum absolute atomic E-state index is 0.293. The van der Waals surface area contributed by atoms with Crippen molar-refractivity contribution in [3.63, 3.8) is 0 Å². The van der Waals surface area contributed by atoms with Crippen molar-refractivity contribution in [2.24, 2.45) is 0 Å². The summed E-state index contributed by atoms with van der Waals surface area (Å²) in [4.78, 5) is 4.34. The molecule has 2 heterocycles. The van der Waals surface area contributed by atoms with E-state index < -0.39 is 0 Å². The number of nitrogens with zero attached hydrogens (tertiary/aromatic N) is 1. The van der Waals surface area contributed by atoms with Crippen LogP contribution in [0.1, 0.15) is 28.8 Å². The number of hydrogen-bond acceptors (Lipinski definition) is 2. The van der Waals surface area contributed by atoms with Crippen LogP contribution in [-0.2, 0) is 0 Å². The van der Waals surface area contributed by atoms with Crippen molar-refractivity contribution in [1.29, 1.82) is 0 Å². The Labute approximate surface area is 130 Å². The van der Waals surface area contributed by atoms with Crippen LogP contribution in [-0.4, -0.2) is 4.98 Å². The maximum absolute atomic E-state index is 4.05. The first kappa shape index (κ1) is 13.7. The van der Waals surface area contributed by atoms with Crippen LogP contribution in [0.5, 0.6) is 0 Å². The van der Waals surface area contributed by atoms with Gasteiger partial charge in [0.25, 0.3) is 0 Å². The average molecular weight is 440 g/mol. The van der Waals surface area contributed by atoms with E-state index in [1.165, 1.54) is 14.9 Å². The maximum atomic E-state index is 4.05. The number of pyridine rings is 1. The molecule has 0 aromatic carbocycles. The number of rotatable bonds is 3. The molecule has 0 bridgehead atoms. The van der Waals surface area contributed by atoms with E-state index in [1.807, 2.05) is 12.4 Å². The summed E-state index contributed by atoms with van der Waals surface area (Å²) in [7, 11) is 0. The number of aromatic nitrogens is 1. The van der Waals surface area contributed by atoms with E-state index in [4.69, 9.17) is 0 Å². The molecule has 0 aliphatic rings. The van der Waals surface area contributed by atoms with Crippen molar-refractivity contribution < 1.29 is 0 Å². The first-order chi connectivity index (χ1) is 8.09. The molecule has 1 nitrogen and oxygen atoms in total. The zero-order valence-corrected chi connectivity index (χ0v) is 14.6. The predicted molar refractivity (Wildman–Crippen MR) is 84.0 cm³/mol. The molecule has 2 aromatic rings. The van der Waals surface area contributed by atoms with Gasteiger partial charge >= 0.3 is 0 Å². The third-order valence-corrected chi connectivity index (χ3v) is 6.32. The van der Waals surface area contributed by atoms with E-state index >= 15 is 0 Å². The van der Waals surface area contributed by atoms with Crippen LogP contribution < -0.4 is 0 Å². The van der Waals surface area contributed by atoms with E-state index in [2.05, 4.69) is 77.9 Å². The zero-order chi connectivity index (χ0) is 12.4. The second-order valence-corrected chi connectivity index (χ2v) is 8.49. The Kier molecular flexibility index (Phi) is 4.80. The van der Waals surface area contributed by atoms with Crippen LogP contribution in [0.15, 0.2) is 38.2 Å². The lowest BCUT2D eigenvalue weighted by Crippen LogP contribution is -2.01. The van der Waals surface area contributed by atoms with Gasteiger partial charge in [-0.05, 0) is 67.1 Å². The maximum Gasteiger partial charge on any atom is 0.0754 e. The van der Waals surface area contributed by atoms with Gasteiger partial charge in [0.2, 0.25) is 0 Å². The highest BCUT2D eigenvalue weighted by atomic mass is 79.9. The molecule has 0 aliphatic heterocycles. The smallest absolute Gasteiger partial charge is 0.0754 e. The first-order valence-electron chi connectivity index (χ1n) is 5.08. The minimum atomic E-state index is 0.293. The third kappa shape index (κ3) is 3.19. The van der Waals surface area contributed by atoms with Crippen molar-refractivity contribution >= 4 is 59.1 Å². The molecule has 0 spiro atoms. The lowest BCUT2D eigenvalue weighted by molar-refractivity contribution is 0.750. The van der Waals surface area contributed by atoms with Crippen LogP contribution in [0.2, 0.25) is 0 Å². The van der Waals surface area contributed by atoms with Crippen molar-refractivity contribution in [2.75, 3.05) is 0 Å². The topological polar surface area (TPSA) is 12.9 Å². The number of thiophene rings is 1. The van der Waals surface area contributed by atoms with Crippen molar-refractivity contribution in [3.05, 3.63) is 49.3 Å². The highest BCUT2D eigenvalue weighted by Crippen LogP contribution is 2.44. The Morgan fingerprint density at radius 2 is 1.88 bits per heavy atom. The monoisotopic (exact) mass is 437 g/mol. The summed E-state index contributed by atoms with van der Waals surface area (Å²) >= 11 is 12.6. The van der Waals surface area contributed by atoms with Crippen LogP contribution in [0.3, 0.4) is 0 Å². The molecule has 2 aromatic heterocycles. The largest absolute Gasteiger partial charge is 0.265 e. The van der Waals surface area contributed by atoms with E-state index in [1.54, 1.807) is 11.3 Å². The van der Waals surface area contributed by atoms with Gasteiger partial charge in [-0.3, -0.25) is 4.98 Å². The molecule has 90 valence electrons. The van der Waals surface area contributed by atoms with Gasteiger partial charge in [0.05, 0.1) is 7.57 Å². The predicted octanol–water partition coefficient (Wildman–Crippen LogP) is 5.91. The Morgan fingerprint density at radius 3 is 2.41 bits per heavy atom. The van der Waals surface area contributed by atoms with Gasteiger partial charge in [-0.2, -0.15) is 0 Å². The molecule has 2 rings (SSSR count). The van der Waals surface area contributed by atoms with E-state index in [0.717, 1.165) is 3.79 Å². The molecule has 0 saturated heterocycles. The van der Waals surface area contributed by atoms with Crippen molar-refractivity contribution in [3.8, 4) is 0 Å². The molecule has 17 heavy (non-hydrogen) atoms. The highest BCUT2D eigenvalue weighted by Gasteiger charge is 2.21. The molecule has 0 aliphatic carbocycles. The van der Waals surface area contributed by atoms with Gasteiger partial charge in [-0.1, -0.05) is 22.9 Å². The summed E-state index contributed by atoms with van der Waals surface area (Å²) < 4.78 is 2.32. The Morgan fingerprint density at radius 1 is 1.24 bits per heavy atom. The molecule has 2 unspecified atom stereocenters. The molecule has 0 amide bonds. The van der Waals surface area contributed by atoms with Gasteiger partial charge in [0, 0.05) is 17.2 Å². The average Bonchev–Trinajstić information content (AvgIpc) is 2.68. The Balaban J connectivity index is 2.26. The molecule has 0 fully saturated rings.